The number of furan rings is 2. The summed E-state index contributed by atoms with van der Waals surface area (Å²) in [6.07, 6.45) is 1.53. The molecule has 0 aliphatic rings. The number of aryl methyl sites for hydroxylation is 1. The second-order valence-electron chi connectivity index (χ2n) is 5.21. The molecule has 2 aromatic heterocycles. The van der Waals surface area contributed by atoms with Crippen LogP contribution in [0.5, 0.6) is 0 Å². The Labute approximate surface area is 123 Å². The molecule has 1 amide bonds. The van der Waals surface area contributed by atoms with Gasteiger partial charge in [-0.05, 0) is 32.0 Å². The second kappa shape index (κ2) is 5.13. The maximum absolute atomic E-state index is 12.4. The van der Waals surface area contributed by atoms with Crippen molar-refractivity contribution >= 4 is 16.9 Å². The average molecular weight is 283 g/mol. The summed E-state index contributed by atoms with van der Waals surface area (Å²) in [6, 6.07) is 11.4. The molecule has 0 N–H and O–H groups in total. The first-order valence-corrected chi connectivity index (χ1v) is 6.87. The molecule has 0 radical (unpaired) electrons. The molecular formula is C17H17NO3. The SMILES string of the molecule is Cc1ccoc1C(=O)N(C)C(C)c1cc2ccccc2o1. The Balaban J connectivity index is 1.88. The maximum atomic E-state index is 12.4. The van der Waals surface area contributed by atoms with Gasteiger partial charge in [0.2, 0.25) is 0 Å². The number of carbonyl (C=O) groups is 1. The number of para-hydroxylation sites is 1. The van der Waals surface area contributed by atoms with Crippen molar-refractivity contribution in [2.75, 3.05) is 7.05 Å². The number of nitrogens with zero attached hydrogens (tertiary/aromatic N) is 1. The fourth-order valence-corrected chi connectivity index (χ4v) is 2.33. The molecular weight excluding hydrogens is 266 g/mol. The van der Waals surface area contributed by atoms with E-state index in [4.69, 9.17) is 8.83 Å². The fourth-order valence-electron chi connectivity index (χ4n) is 2.33. The Morgan fingerprint density at radius 2 is 2.00 bits per heavy atom. The highest BCUT2D eigenvalue weighted by Gasteiger charge is 2.24. The first kappa shape index (κ1) is 13.5. The predicted molar refractivity (Wildman–Crippen MR) is 80.2 cm³/mol. The summed E-state index contributed by atoms with van der Waals surface area (Å²) >= 11 is 0. The highest BCUT2D eigenvalue weighted by Crippen LogP contribution is 2.27. The molecule has 0 spiro atoms. The van der Waals surface area contributed by atoms with Gasteiger partial charge in [0.05, 0.1) is 12.3 Å². The van der Waals surface area contributed by atoms with Crippen LogP contribution < -0.4 is 0 Å². The number of benzene rings is 1. The molecule has 0 aliphatic carbocycles. The molecule has 0 fully saturated rings. The molecule has 4 nitrogen and oxygen atoms in total. The van der Waals surface area contributed by atoms with Crippen LogP contribution in [0.2, 0.25) is 0 Å². The van der Waals surface area contributed by atoms with Crippen LogP contribution in [0, 0.1) is 6.92 Å². The standard InChI is InChI=1S/C17H17NO3/c1-11-8-9-20-16(11)17(19)18(3)12(2)15-10-13-6-4-5-7-14(13)21-15/h4-10,12H,1-3H3. The number of amides is 1. The van der Waals surface area contributed by atoms with Crippen LogP contribution in [-0.2, 0) is 0 Å². The minimum absolute atomic E-state index is 0.148. The molecule has 1 unspecified atom stereocenters. The monoisotopic (exact) mass is 283 g/mol. The Bertz CT molecular complexity index is 751. The first-order chi connectivity index (χ1) is 10.1. The fraction of sp³-hybridized carbons (Fsp3) is 0.235. The number of hydrogen-bond donors (Lipinski definition) is 0. The normalized spacial score (nSPS) is 12.5. The van der Waals surface area contributed by atoms with Crippen molar-refractivity contribution in [1.29, 1.82) is 0 Å². The number of rotatable bonds is 3. The lowest BCUT2D eigenvalue weighted by Gasteiger charge is -2.22. The number of carbonyl (C=O) groups excluding carboxylic acids is 1. The summed E-state index contributed by atoms with van der Waals surface area (Å²) in [6.45, 7) is 3.80. The molecule has 0 bridgehead atoms. The van der Waals surface area contributed by atoms with Crippen molar-refractivity contribution in [3.63, 3.8) is 0 Å². The van der Waals surface area contributed by atoms with E-state index in [0.717, 1.165) is 22.3 Å². The third-order valence-corrected chi connectivity index (χ3v) is 3.81. The van der Waals surface area contributed by atoms with Crippen molar-refractivity contribution in [2.45, 2.75) is 19.9 Å². The molecule has 0 aliphatic heterocycles. The van der Waals surface area contributed by atoms with E-state index in [1.807, 2.05) is 44.2 Å². The zero-order valence-electron chi connectivity index (χ0n) is 12.3. The topological polar surface area (TPSA) is 46.6 Å². The van der Waals surface area contributed by atoms with Crippen LogP contribution in [0.1, 0.15) is 34.8 Å². The summed E-state index contributed by atoms with van der Waals surface area (Å²) in [7, 11) is 1.75. The van der Waals surface area contributed by atoms with Crippen LogP contribution >= 0.6 is 0 Å². The van der Waals surface area contributed by atoms with Gasteiger partial charge in [0.1, 0.15) is 11.3 Å². The quantitative estimate of drug-likeness (QED) is 0.724. The minimum Gasteiger partial charge on any atom is -0.459 e. The molecule has 1 aromatic carbocycles. The molecule has 1 atom stereocenters. The van der Waals surface area contributed by atoms with Gasteiger partial charge in [-0.1, -0.05) is 18.2 Å². The molecule has 4 heteroatoms. The van der Waals surface area contributed by atoms with E-state index in [9.17, 15) is 4.79 Å². The Kier molecular flexibility index (Phi) is 3.29. The van der Waals surface area contributed by atoms with Crippen molar-refractivity contribution in [3.05, 3.63) is 59.7 Å². The highest BCUT2D eigenvalue weighted by molar-refractivity contribution is 5.93. The zero-order chi connectivity index (χ0) is 15.0. The van der Waals surface area contributed by atoms with Crippen LogP contribution in [0.15, 0.2) is 51.5 Å². The van der Waals surface area contributed by atoms with Gasteiger partial charge < -0.3 is 13.7 Å². The summed E-state index contributed by atoms with van der Waals surface area (Å²) in [5, 5.41) is 1.04. The lowest BCUT2D eigenvalue weighted by Crippen LogP contribution is -2.29. The lowest BCUT2D eigenvalue weighted by molar-refractivity contribution is 0.0694. The van der Waals surface area contributed by atoms with E-state index in [0.29, 0.717) is 5.76 Å². The van der Waals surface area contributed by atoms with Crippen LogP contribution in [-0.4, -0.2) is 17.9 Å². The first-order valence-electron chi connectivity index (χ1n) is 6.87. The molecule has 0 saturated heterocycles. The number of fused-ring (bicyclic) bond motifs is 1. The Hall–Kier alpha value is -2.49. The predicted octanol–water partition coefficient (Wildman–Crippen LogP) is 4.17. The smallest absolute Gasteiger partial charge is 0.290 e. The summed E-state index contributed by atoms with van der Waals surface area (Å²) in [4.78, 5) is 14.1. The van der Waals surface area contributed by atoms with Gasteiger partial charge in [0.25, 0.3) is 5.91 Å². The summed E-state index contributed by atoms with van der Waals surface area (Å²) < 4.78 is 11.1. The number of hydrogen-bond acceptors (Lipinski definition) is 3. The molecule has 21 heavy (non-hydrogen) atoms. The van der Waals surface area contributed by atoms with E-state index < -0.39 is 0 Å². The third-order valence-electron chi connectivity index (χ3n) is 3.81. The molecule has 3 aromatic rings. The van der Waals surface area contributed by atoms with Gasteiger partial charge in [-0.3, -0.25) is 4.79 Å². The molecule has 0 saturated carbocycles. The average Bonchev–Trinajstić information content (AvgIpc) is 3.10. The van der Waals surface area contributed by atoms with E-state index in [1.165, 1.54) is 6.26 Å². The van der Waals surface area contributed by atoms with Gasteiger partial charge in [-0.25, -0.2) is 0 Å². The Morgan fingerprint density at radius 3 is 2.67 bits per heavy atom. The van der Waals surface area contributed by atoms with Gasteiger partial charge in [-0.2, -0.15) is 0 Å². The van der Waals surface area contributed by atoms with Gasteiger partial charge in [0, 0.05) is 18.0 Å². The second-order valence-corrected chi connectivity index (χ2v) is 5.21. The van der Waals surface area contributed by atoms with Crippen LogP contribution in [0.4, 0.5) is 0 Å². The van der Waals surface area contributed by atoms with Gasteiger partial charge >= 0.3 is 0 Å². The third kappa shape index (κ3) is 2.33. The van der Waals surface area contributed by atoms with E-state index in [2.05, 4.69) is 0 Å². The van der Waals surface area contributed by atoms with Crippen LogP contribution in [0.3, 0.4) is 0 Å². The highest BCUT2D eigenvalue weighted by atomic mass is 16.3. The lowest BCUT2D eigenvalue weighted by atomic mass is 10.2. The minimum atomic E-state index is -0.172. The molecule has 108 valence electrons. The van der Waals surface area contributed by atoms with Gasteiger partial charge in [0.15, 0.2) is 5.76 Å². The molecule has 3 rings (SSSR count). The van der Waals surface area contributed by atoms with Crippen molar-refractivity contribution in [3.8, 4) is 0 Å². The van der Waals surface area contributed by atoms with E-state index in [1.54, 1.807) is 18.0 Å². The summed E-state index contributed by atoms with van der Waals surface area (Å²) in [5.74, 6) is 0.988. The summed E-state index contributed by atoms with van der Waals surface area (Å²) in [5.41, 5.74) is 1.66. The van der Waals surface area contributed by atoms with Crippen molar-refractivity contribution in [1.82, 2.24) is 4.90 Å². The van der Waals surface area contributed by atoms with Gasteiger partial charge in [-0.15, -0.1) is 0 Å². The van der Waals surface area contributed by atoms with Crippen LogP contribution in [0.25, 0.3) is 11.0 Å². The van der Waals surface area contributed by atoms with Crippen molar-refractivity contribution in [2.24, 2.45) is 0 Å². The Morgan fingerprint density at radius 1 is 1.24 bits per heavy atom. The largest absolute Gasteiger partial charge is 0.459 e. The van der Waals surface area contributed by atoms with Crippen molar-refractivity contribution < 1.29 is 13.6 Å². The molecule has 2 heterocycles. The van der Waals surface area contributed by atoms with E-state index in [-0.39, 0.29) is 11.9 Å². The maximum Gasteiger partial charge on any atom is 0.290 e. The zero-order valence-corrected chi connectivity index (χ0v) is 12.3. The van der Waals surface area contributed by atoms with E-state index >= 15 is 0 Å².